The Bertz CT molecular complexity index is 547. The summed E-state index contributed by atoms with van der Waals surface area (Å²) in [6.07, 6.45) is 0. The fraction of sp³-hybridized carbons (Fsp3) is 0. The lowest BCUT2D eigenvalue weighted by molar-refractivity contribution is 0.577. The number of nitriles is 1. The van der Waals surface area contributed by atoms with Crippen LogP contribution < -0.4 is 16.0 Å². The van der Waals surface area contributed by atoms with Gasteiger partial charge in [-0.15, -0.1) is 4.83 Å². The molecule has 6 nitrogen and oxygen atoms in total. The van der Waals surface area contributed by atoms with Gasteiger partial charge >= 0.3 is 0 Å². The quantitative estimate of drug-likeness (QED) is 0.501. The van der Waals surface area contributed by atoms with Crippen LogP contribution >= 0.6 is 12.2 Å². The van der Waals surface area contributed by atoms with Gasteiger partial charge in [0.2, 0.25) is 0 Å². The third-order valence-electron chi connectivity index (χ3n) is 1.61. The number of rotatable bonds is 3. The maximum absolute atomic E-state index is 11.7. The Hall–Kier alpha value is -1.69. The molecule has 0 saturated heterocycles. The minimum Gasteiger partial charge on any atom is -0.375 e. The van der Waals surface area contributed by atoms with Crippen molar-refractivity contribution in [2.45, 2.75) is 4.90 Å². The average molecular weight is 256 g/mol. The maximum Gasteiger partial charge on any atom is 0.258 e. The molecule has 1 aromatic rings. The molecule has 0 aliphatic heterocycles. The van der Waals surface area contributed by atoms with Gasteiger partial charge in [0.25, 0.3) is 10.0 Å². The Morgan fingerprint density at radius 2 is 2.06 bits per heavy atom. The Kier molecular flexibility index (Phi) is 3.78. The van der Waals surface area contributed by atoms with Gasteiger partial charge in [0.05, 0.1) is 5.56 Å². The highest BCUT2D eigenvalue weighted by Gasteiger charge is 2.17. The predicted octanol–water partition coefficient (Wildman–Crippen LogP) is -0.415. The van der Waals surface area contributed by atoms with Crippen LogP contribution in [0.5, 0.6) is 0 Å². The monoisotopic (exact) mass is 256 g/mol. The molecule has 0 aromatic heterocycles. The van der Waals surface area contributed by atoms with Crippen molar-refractivity contribution in [1.82, 2.24) is 10.3 Å². The summed E-state index contributed by atoms with van der Waals surface area (Å²) in [5.41, 5.74) is 7.22. The van der Waals surface area contributed by atoms with Crippen molar-refractivity contribution in [1.29, 1.82) is 5.26 Å². The number of hydrogen-bond acceptors (Lipinski definition) is 4. The van der Waals surface area contributed by atoms with Gasteiger partial charge in [-0.1, -0.05) is 12.1 Å². The van der Waals surface area contributed by atoms with Crippen LogP contribution in [0.2, 0.25) is 0 Å². The molecule has 8 heteroatoms. The molecule has 0 bridgehead atoms. The highest BCUT2D eigenvalue weighted by Crippen LogP contribution is 2.13. The summed E-state index contributed by atoms with van der Waals surface area (Å²) in [4.78, 5) is 1.82. The minimum atomic E-state index is -3.85. The summed E-state index contributed by atoms with van der Waals surface area (Å²) in [5, 5.41) is 8.54. The van der Waals surface area contributed by atoms with Crippen LogP contribution in [0.1, 0.15) is 5.56 Å². The Morgan fingerprint density at radius 1 is 1.44 bits per heavy atom. The Labute approximate surface area is 98.1 Å². The van der Waals surface area contributed by atoms with E-state index in [1.807, 2.05) is 4.83 Å². The van der Waals surface area contributed by atoms with Gasteiger partial charge in [-0.25, -0.2) is 8.42 Å². The number of nitrogens with one attached hydrogen (secondary N) is 2. The molecule has 0 saturated carbocycles. The normalized spacial score (nSPS) is 10.4. The van der Waals surface area contributed by atoms with E-state index >= 15 is 0 Å². The second-order valence-corrected chi connectivity index (χ2v) is 4.79. The molecule has 16 heavy (non-hydrogen) atoms. The van der Waals surface area contributed by atoms with E-state index in [4.69, 9.17) is 11.0 Å². The van der Waals surface area contributed by atoms with E-state index in [2.05, 4.69) is 17.6 Å². The van der Waals surface area contributed by atoms with Gasteiger partial charge in [-0.2, -0.15) is 5.26 Å². The molecule has 0 atom stereocenters. The number of nitrogens with two attached hydrogens (primary N) is 1. The van der Waals surface area contributed by atoms with E-state index in [0.29, 0.717) is 0 Å². The van der Waals surface area contributed by atoms with E-state index in [1.54, 1.807) is 12.1 Å². The van der Waals surface area contributed by atoms with Crippen molar-refractivity contribution in [3.05, 3.63) is 29.8 Å². The fourth-order valence-electron chi connectivity index (χ4n) is 0.966. The zero-order chi connectivity index (χ0) is 12.2. The third-order valence-corrected chi connectivity index (χ3v) is 3.01. The first-order valence-electron chi connectivity index (χ1n) is 4.04. The summed E-state index contributed by atoms with van der Waals surface area (Å²) in [5.74, 6) is 0. The van der Waals surface area contributed by atoms with Crippen LogP contribution in [0.15, 0.2) is 29.2 Å². The van der Waals surface area contributed by atoms with Gasteiger partial charge in [0, 0.05) is 0 Å². The topological polar surface area (TPSA) is 108 Å². The largest absolute Gasteiger partial charge is 0.375 e. The lowest BCUT2D eigenvalue weighted by atomic mass is 10.2. The fourth-order valence-corrected chi connectivity index (χ4v) is 2.10. The van der Waals surface area contributed by atoms with Crippen LogP contribution in [-0.4, -0.2) is 13.5 Å². The molecule has 0 spiro atoms. The lowest BCUT2D eigenvalue weighted by Crippen LogP contribution is -2.44. The maximum atomic E-state index is 11.7. The summed E-state index contributed by atoms with van der Waals surface area (Å²) >= 11 is 4.45. The molecular weight excluding hydrogens is 248 g/mol. The van der Waals surface area contributed by atoms with Crippen molar-refractivity contribution < 1.29 is 8.42 Å². The summed E-state index contributed by atoms with van der Waals surface area (Å²) in [6.45, 7) is 0. The molecule has 0 heterocycles. The average Bonchev–Trinajstić information content (AvgIpc) is 2.26. The standard InChI is InChI=1S/C8H8N4O2S2/c9-5-6-3-1-2-4-7(6)16(13,14)12-11-8(10)15/h1-4,12H,(H3,10,11,15). The molecule has 0 aliphatic carbocycles. The van der Waals surface area contributed by atoms with Crippen molar-refractivity contribution in [2.75, 3.05) is 0 Å². The Morgan fingerprint density at radius 3 is 2.62 bits per heavy atom. The zero-order valence-corrected chi connectivity index (χ0v) is 9.60. The molecule has 1 rings (SSSR count). The van der Waals surface area contributed by atoms with Gasteiger partial charge in [0.15, 0.2) is 5.11 Å². The van der Waals surface area contributed by atoms with Crippen LogP contribution in [0, 0.1) is 11.3 Å². The number of hydrogen-bond donors (Lipinski definition) is 3. The molecule has 4 N–H and O–H groups in total. The molecule has 0 fully saturated rings. The van der Waals surface area contributed by atoms with E-state index in [1.165, 1.54) is 18.2 Å². The predicted molar refractivity (Wildman–Crippen MR) is 61.4 cm³/mol. The van der Waals surface area contributed by atoms with Crippen molar-refractivity contribution in [3.63, 3.8) is 0 Å². The van der Waals surface area contributed by atoms with Crippen LogP contribution in [-0.2, 0) is 10.0 Å². The third kappa shape index (κ3) is 2.90. The molecule has 0 unspecified atom stereocenters. The first-order chi connectivity index (χ1) is 7.47. The van der Waals surface area contributed by atoms with Crippen LogP contribution in [0.25, 0.3) is 0 Å². The highest BCUT2D eigenvalue weighted by atomic mass is 32.2. The second-order valence-electron chi connectivity index (χ2n) is 2.70. The number of nitrogens with zero attached hydrogens (tertiary/aromatic N) is 1. The van der Waals surface area contributed by atoms with Gasteiger partial charge in [0.1, 0.15) is 11.0 Å². The van der Waals surface area contributed by atoms with Crippen LogP contribution in [0.3, 0.4) is 0 Å². The molecule has 84 valence electrons. The van der Waals surface area contributed by atoms with E-state index in [9.17, 15) is 8.42 Å². The first kappa shape index (κ1) is 12.4. The second kappa shape index (κ2) is 4.89. The number of thiocarbonyl (C=S) groups is 1. The van der Waals surface area contributed by atoms with Gasteiger partial charge in [-0.05, 0) is 24.4 Å². The van der Waals surface area contributed by atoms with Gasteiger partial charge in [-0.3, -0.25) is 5.43 Å². The smallest absolute Gasteiger partial charge is 0.258 e. The zero-order valence-electron chi connectivity index (χ0n) is 7.97. The summed E-state index contributed by atoms with van der Waals surface area (Å²) in [7, 11) is -3.85. The van der Waals surface area contributed by atoms with Crippen LogP contribution in [0.4, 0.5) is 0 Å². The van der Waals surface area contributed by atoms with Crippen molar-refractivity contribution in [3.8, 4) is 6.07 Å². The molecule has 0 aliphatic rings. The van der Waals surface area contributed by atoms with Crippen molar-refractivity contribution in [2.24, 2.45) is 5.73 Å². The van der Waals surface area contributed by atoms with Crippen molar-refractivity contribution >= 4 is 27.4 Å². The lowest BCUT2D eigenvalue weighted by Gasteiger charge is -2.08. The first-order valence-corrected chi connectivity index (χ1v) is 5.93. The SMILES string of the molecule is N#Cc1ccccc1S(=O)(=O)NNC(N)=S. The Balaban J connectivity index is 3.08. The number of hydrazine groups is 1. The number of sulfonamides is 1. The summed E-state index contributed by atoms with van der Waals surface area (Å²) in [6, 6.07) is 7.56. The minimum absolute atomic E-state index is 0.0414. The summed E-state index contributed by atoms with van der Waals surface area (Å²) < 4.78 is 23.4. The highest BCUT2D eigenvalue weighted by molar-refractivity contribution is 7.89. The van der Waals surface area contributed by atoms with E-state index < -0.39 is 10.0 Å². The van der Waals surface area contributed by atoms with Gasteiger partial charge < -0.3 is 5.73 Å². The van der Waals surface area contributed by atoms with E-state index in [-0.39, 0.29) is 15.6 Å². The number of benzene rings is 1. The molecular formula is C8H8N4O2S2. The molecule has 1 aromatic carbocycles. The molecule has 0 amide bonds. The molecule has 0 radical (unpaired) electrons. The van der Waals surface area contributed by atoms with E-state index in [0.717, 1.165) is 0 Å².